The van der Waals surface area contributed by atoms with E-state index in [9.17, 15) is 0 Å². The molecule has 1 N–H and O–H groups in total. The van der Waals surface area contributed by atoms with Crippen molar-refractivity contribution in [1.29, 1.82) is 0 Å². The zero-order valence-electron chi connectivity index (χ0n) is 13.2. The van der Waals surface area contributed by atoms with Gasteiger partial charge in [0.05, 0.1) is 6.54 Å². The smallest absolute Gasteiger partial charge is 0.124 e. The van der Waals surface area contributed by atoms with E-state index in [0.29, 0.717) is 12.6 Å². The van der Waals surface area contributed by atoms with Crippen molar-refractivity contribution in [2.45, 2.75) is 39.8 Å². The van der Waals surface area contributed by atoms with Gasteiger partial charge < -0.3 is 10.1 Å². The van der Waals surface area contributed by atoms with Gasteiger partial charge in [0.1, 0.15) is 12.4 Å². The first-order chi connectivity index (χ1) is 10.2. The number of nitrogens with one attached hydrogen (secondary N) is 1. The molecule has 1 atom stereocenters. The van der Waals surface area contributed by atoms with Gasteiger partial charge in [-0.2, -0.15) is 5.10 Å². The maximum Gasteiger partial charge on any atom is 0.124 e. The first-order valence-corrected chi connectivity index (χ1v) is 7.65. The van der Waals surface area contributed by atoms with Crippen molar-refractivity contribution >= 4 is 0 Å². The predicted octanol–water partition coefficient (Wildman–Crippen LogP) is 3.33. The van der Waals surface area contributed by atoms with E-state index < -0.39 is 0 Å². The summed E-state index contributed by atoms with van der Waals surface area (Å²) in [6.07, 6.45) is 4.87. The van der Waals surface area contributed by atoms with E-state index in [1.807, 2.05) is 16.9 Å². The third-order valence-electron chi connectivity index (χ3n) is 3.47. The van der Waals surface area contributed by atoms with Gasteiger partial charge in [-0.15, -0.1) is 0 Å². The molecular weight excluding hydrogens is 262 g/mol. The highest BCUT2D eigenvalue weighted by Crippen LogP contribution is 2.26. The Balaban J connectivity index is 2.00. The molecule has 1 unspecified atom stereocenters. The van der Waals surface area contributed by atoms with Crippen molar-refractivity contribution < 1.29 is 4.74 Å². The van der Waals surface area contributed by atoms with Crippen LogP contribution in [0.3, 0.4) is 0 Å². The van der Waals surface area contributed by atoms with Crippen LogP contribution in [0, 0.1) is 6.92 Å². The summed E-state index contributed by atoms with van der Waals surface area (Å²) in [5.41, 5.74) is 2.48. The molecule has 21 heavy (non-hydrogen) atoms. The van der Waals surface area contributed by atoms with Crippen LogP contribution in [-0.4, -0.2) is 22.9 Å². The maximum absolute atomic E-state index is 5.97. The van der Waals surface area contributed by atoms with E-state index in [2.05, 4.69) is 49.4 Å². The zero-order chi connectivity index (χ0) is 15.1. The quantitative estimate of drug-likeness (QED) is 0.809. The number of ether oxygens (including phenoxy) is 1. The predicted molar refractivity (Wildman–Crippen MR) is 85.6 cm³/mol. The lowest BCUT2D eigenvalue weighted by Crippen LogP contribution is -2.20. The Labute approximate surface area is 127 Å². The van der Waals surface area contributed by atoms with E-state index in [0.717, 1.165) is 25.3 Å². The normalized spacial score (nSPS) is 12.3. The molecule has 0 amide bonds. The second-order valence-corrected chi connectivity index (χ2v) is 5.33. The second-order valence-electron chi connectivity index (χ2n) is 5.33. The number of aryl methyl sites for hydroxylation is 1. The summed E-state index contributed by atoms with van der Waals surface area (Å²) < 4.78 is 7.85. The largest absolute Gasteiger partial charge is 0.491 e. The van der Waals surface area contributed by atoms with Crippen LogP contribution in [0.2, 0.25) is 0 Å². The highest BCUT2D eigenvalue weighted by molar-refractivity contribution is 5.39. The molecule has 0 aliphatic heterocycles. The molecule has 0 saturated heterocycles. The second kappa shape index (κ2) is 7.84. The van der Waals surface area contributed by atoms with Crippen molar-refractivity contribution in [3.05, 3.63) is 47.8 Å². The van der Waals surface area contributed by atoms with Gasteiger partial charge in [0.2, 0.25) is 0 Å². The summed E-state index contributed by atoms with van der Waals surface area (Å²) >= 11 is 0. The average Bonchev–Trinajstić information content (AvgIpc) is 2.99. The molecule has 2 aromatic rings. The van der Waals surface area contributed by atoms with Gasteiger partial charge >= 0.3 is 0 Å². The Bertz CT molecular complexity index is 537. The lowest BCUT2D eigenvalue weighted by atomic mass is 10.0. The number of aromatic nitrogens is 2. The van der Waals surface area contributed by atoms with Gasteiger partial charge in [-0.3, -0.25) is 4.68 Å². The standard InChI is InChI=1S/C17H25N3O/c1-4-8-18-15(3)16-13-14(2)6-7-17(16)21-12-11-20-10-5-9-19-20/h5-7,9-10,13,15,18H,4,8,11-12H2,1-3H3. The Morgan fingerprint density at radius 2 is 2.24 bits per heavy atom. The maximum atomic E-state index is 5.97. The number of benzene rings is 1. The topological polar surface area (TPSA) is 39.1 Å². The molecule has 0 aliphatic carbocycles. The SMILES string of the molecule is CCCNC(C)c1cc(C)ccc1OCCn1cccn1. The summed E-state index contributed by atoms with van der Waals surface area (Å²) in [5, 5.41) is 7.71. The minimum Gasteiger partial charge on any atom is -0.491 e. The van der Waals surface area contributed by atoms with Crippen LogP contribution in [0.1, 0.15) is 37.4 Å². The third-order valence-corrected chi connectivity index (χ3v) is 3.47. The Morgan fingerprint density at radius 3 is 2.95 bits per heavy atom. The highest BCUT2D eigenvalue weighted by Gasteiger charge is 2.11. The molecule has 1 heterocycles. The van der Waals surface area contributed by atoms with Crippen molar-refractivity contribution in [3.8, 4) is 5.75 Å². The number of hydrogen-bond acceptors (Lipinski definition) is 3. The summed E-state index contributed by atoms with van der Waals surface area (Å²) in [6.45, 7) is 8.88. The zero-order valence-corrected chi connectivity index (χ0v) is 13.2. The highest BCUT2D eigenvalue weighted by atomic mass is 16.5. The third kappa shape index (κ3) is 4.60. The molecule has 2 rings (SSSR count). The van der Waals surface area contributed by atoms with E-state index in [-0.39, 0.29) is 0 Å². The molecule has 0 aliphatic rings. The summed E-state index contributed by atoms with van der Waals surface area (Å²) in [4.78, 5) is 0. The Morgan fingerprint density at radius 1 is 1.38 bits per heavy atom. The van der Waals surface area contributed by atoms with Crippen LogP contribution in [0.4, 0.5) is 0 Å². The molecule has 4 heteroatoms. The van der Waals surface area contributed by atoms with E-state index in [1.165, 1.54) is 11.1 Å². The first kappa shape index (κ1) is 15.6. The van der Waals surface area contributed by atoms with Gasteiger partial charge in [0, 0.05) is 24.0 Å². The van der Waals surface area contributed by atoms with E-state index in [1.54, 1.807) is 6.20 Å². The van der Waals surface area contributed by atoms with E-state index in [4.69, 9.17) is 4.74 Å². The van der Waals surface area contributed by atoms with Crippen molar-refractivity contribution in [1.82, 2.24) is 15.1 Å². The van der Waals surface area contributed by atoms with Crippen LogP contribution >= 0.6 is 0 Å². The van der Waals surface area contributed by atoms with Crippen molar-refractivity contribution in [3.63, 3.8) is 0 Å². The Hall–Kier alpha value is -1.81. The van der Waals surface area contributed by atoms with Gasteiger partial charge in [0.25, 0.3) is 0 Å². The van der Waals surface area contributed by atoms with Crippen LogP contribution in [0.15, 0.2) is 36.7 Å². The monoisotopic (exact) mass is 287 g/mol. The van der Waals surface area contributed by atoms with Gasteiger partial charge in [-0.05, 0) is 38.9 Å². The number of nitrogens with zero attached hydrogens (tertiary/aromatic N) is 2. The van der Waals surface area contributed by atoms with Crippen LogP contribution in [0.5, 0.6) is 5.75 Å². The van der Waals surface area contributed by atoms with E-state index >= 15 is 0 Å². The van der Waals surface area contributed by atoms with Gasteiger partial charge in [-0.1, -0.05) is 24.6 Å². The van der Waals surface area contributed by atoms with Gasteiger partial charge in [0.15, 0.2) is 0 Å². The summed E-state index contributed by atoms with van der Waals surface area (Å²) in [6, 6.07) is 8.59. The molecule has 0 saturated carbocycles. The minimum atomic E-state index is 0.296. The minimum absolute atomic E-state index is 0.296. The summed E-state index contributed by atoms with van der Waals surface area (Å²) in [7, 11) is 0. The molecule has 0 fully saturated rings. The van der Waals surface area contributed by atoms with Crippen LogP contribution in [-0.2, 0) is 6.54 Å². The van der Waals surface area contributed by atoms with Gasteiger partial charge in [-0.25, -0.2) is 0 Å². The van der Waals surface area contributed by atoms with Crippen LogP contribution in [0.25, 0.3) is 0 Å². The molecule has 0 spiro atoms. The molecule has 1 aromatic carbocycles. The molecule has 114 valence electrons. The summed E-state index contributed by atoms with van der Waals surface area (Å²) in [5.74, 6) is 0.962. The fraction of sp³-hybridized carbons (Fsp3) is 0.471. The molecular formula is C17H25N3O. The number of hydrogen-bond donors (Lipinski definition) is 1. The van der Waals surface area contributed by atoms with Crippen molar-refractivity contribution in [2.75, 3.05) is 13.2 Å². The van der Waals surface area contributed by atoms with Crippen molar-refractivity contribution in [2.24, 2.45) is 0 Å². The fourth-order valence-electron chi connectivity index (χ4n) is 2.29. The number of rotatable bonds is 8. The molecule has 0 bridgehead atoms. The average molecular weight is 287 g/mol. The van der Waals surface area contributed by atoms with Crippen LogP contribution < -0.4 is 10.1 Å². The molecule has 0 radical (unpaired) electrons. The fourth-order valence-corrected chi connectivity index (χ4v) is 2.29. The molecule has 1 aromatic heterocycles. The lowest BCUT2D eigenvalue weighted by Gasteiger charge is -2.19. The lowest BCUT2D eigenvalue weighted by molar-refractivity contribution is 0.286. The first-order valence-electron chi connectivity index (χ1n) is 7.65. The Kier molecular flexibility index (Phi) is 5.81. The molecule has 4 nitrogen and oxygen atoms in total.